The van der Waals surface area contributed by atoms with E-state index in [1.54, 1.807) is 0 Å². The van der Waals surface area contributed by atoms with Crippen molar-refractivity contribution in [2.45, 2.75) is 32.1 Å². The van der Waals surface area contributed by atoms with Crippen LogP contribution in [0.4, 0.5) is 0 Å². The van der Waals surface area contributed by atoms with Gasteiger partial charge in [0.2, 0.25) is 5.91 Å². The lowest BCUT2D eigenvalue weighted by Crippen LogP contribution is -2.26. The molecule has 0 fully saturated rings. The summed E-state index contributed by atoms with van der Waals surface area (Å²) in [6, 6.07) is 0. The Balaban J connectivity index is 2.17. The highest BCUT2D eigenvalue weighted by molar-refractivity contribution is 5.77. The van der Waals surface area contributed by atoms with Crippen LogP contribution in [0.25, 0.3) is 0 Å². The van der Waals surface area contributed by atoms with Gasteiger partial charge >= 0.3 is 5.97 Å². The van der Waals surface area contributed by atoms with Crippen LogP contribution in [-0.2, 0) is 14.4 Å². The fraction of sp³-hybridized carbons (Fsp3) is 0.600. The number of amides is 1. The summed E-state index contributed by atoms with van der Waals surface area (Å²) >= 11 is 0. The van der Waals surface area contributed by atoms with Crippen molar-refractivity contribution in [1.82, 2.24) is 5.48 Å². The first-order chi connectivity index (χ1) is 7.18. The van der Waals surface area contributed by atoms with E-state index in [9.17, 15) is 9.59 Å². The number of hydroxylamine groups is 1. The van der Waals surface area contributed by atoms with E-state index in [0.29, 0.717) is 6.42 Å². The first-order valence-electron chi connectivity index (χ1n) is 4.99. The van der Waals surface area contributed by atoms with Crippen molar-refractivity contribution < 1.29 is 19.5 Å². The van der Waals surface area contributed by atoms with Gasteiger partial charge in [-0.25, -0.2) is 10.3 Å². The number of carbonyl (C=O) groups excluding carboxylic acids is 1. The van der Waals surface area contributed by atoms with Gasteiger partial charge in [-0.15, -0.1) is 0 Å². The molecule has 0 aromatic heterocycles. The zero-order valence-electron chi connectivity index (χ0n) is 8.49. The second-order valence-electron chi connectivity index (χ2n) is 3.49. The van der Waals surface area contributed by atoms with Gasteiger partial charge < -0.3 is 5.11 Å². The normalized spacial score (nSPS) is 15.6. The van der Waals surface area contributed by atoms with E-state index in [1.807, 2.05) is 0 Å². The predicted octanol–water partition coefficient (Wildman–Crippen LogP) is 1.01. The fourth-order valence-corrected chi connectivity index (χ4v) is 1.49. The van der Waals surface area contributed by atoms with Crippen molar-refractivity contribution in [3.8, 4) is 0 Å². The molecule has 0 bridgehead atoms. The van der Waals surface area contributed by atoms with Gasteiger partial charge in [0.1, 0.15) is 0 Å². The number of carbonyl (C=O) groups is 2. The Morgan fingerprint density at radius 3 is 2.87 bits per heavy atom. The van der Waals surface area contributed by atoms with Crippen LogP contribution in [0.5, 0.6) is 0 Å². The molecular weight excluding hydrogens is 198 g/mol. The van der Waals surface area contributed by atoms with Crippen molar-refractivity contribution in [3.63, 3.8) is 0 Å². The van der Waals surface area contributed by atoms with Crippen molar-refractivity contribution in [2.75, 3.05) is 6.61 Å². The molecule has 0 saturated heterocycles. The molecule has 15 heavy (non-hydrogen) atoms. The minimum atomic E-state index is -1.10. The maximum atomic E-state index is 11.2. The molecule has 0 saturated carbocycles. The van der Waals surface area contributed by atoms with Gasteiger partial charge in [0, 0.05) is 6.42 Å². The van der Waals surface area contributed by atoms with E-state index >= 15 is 0 Å². The van der Waals surface area contributed by atoms with Crippen LogP contribution >= 0.6 is 0 Å². The standard InChI is InChI=1S/C10H15NO4/c12-9(11-15-7-10(13)14)6-8-4-2-1-3-5-8/h4H,1-3,5-7H2,(H,11,12)(H,13,14). The van der Waals surface area contributed by atoms with E-state index < -0.39 is 12.6 Å². The largest absolute Gasteiger partial charge is 0.479 e. The lowest BCUT2D eigenvalue weighted by Gasteiger charge is -2.11. The number of aliphatic carboxylic acids is 1. The number of rotatable bonds is 5. The van der Waals surface area contributed by atoms with Gasteiger partial charge in [-0.2, -0.15) is 0 Å². The number of allylic oxidation sites excluding steroid dienone is 1. The van der Waals surface area contributed by atoms with Crippen molar-refractivity contribution in [3.05, 3.63) is 11.6 Å². The molecule has 0 unspecified atom stereocenters. The Hall–Kier alpha value is -1.36. The lowest BCUT2D eigenvalue weighted by molar-refractivity contribution is -0.149. The Kier molecular flexibility index (Phi) is 4.83. The van der Waals surface area contributed by atoms with Crippen LogP contribution < -0.4 is 5.48 Å². The molecular formula is C10H15NO4. The molecule has 0 aromatic carbocycles. The summed E-state index contributed by atoms with van der Waals surface area (Å²) in [6.07, 6.45) is 6.65. The fourth-order valence-electron chi connectivity index (χ4n) is 1.49. The molecule has 1 amide bonds. The predicted molar refractivity (Wildman–Crippen MR) is 52.9 cm³/mol. The van der Waals surface area contributed by atoms with E-state index in [2.05, 4.69) is 16.4 Å². The summed E-state index contributed by atoms with van der Waals surface area (Å²) in [5.74, 6) is -1.39. The first kappa shape index (κ1) is 11.7. The zero-order valence-corrected chi connectivity index (χ0v) is 8.49. The number of carboxylic acid groups (broad SMARTS) is 1. The lowest BCUT2D eigenvalue weighted by atomic mass is 9.97. The topological polar surface area (TPSA) is 75.6 Å². The average molecular weight is 213 g/mol. The van der Waals surface area contributed by atoms with Gasteiger partial charge in [0.25, 0.3) is 0 Å². The molecule has 5 heteroatoms. The van der Waals surface area contributed by atoms with Gasteiger partial charge in [-0.05, 0) is 25.7 Å². The molecule has 0 radical (unpaired) electrons. The molecule has 0 heterocycles. The van der Waals surface area contributed by atoms with Crippen LogP contribution in [-0.4, -0.2) is 23.6 Å². The third-order valence-electron chi connectivity index (χ3n) is 2.15. The SMILES string of the molecule is O=C(O)CONC(=O)CC1=CCCCC1. The Bertz CT molecular complexity index is 273. The molecule has 0 atom stereocenters. The number of hydrogen-bond acceptors (Lipinski definition) is 3. The summed E-state index contributed by atoms with van der Waals surface area (Å²) in [7, 11) is 0. The van der Waals surface area contributed by atoms with Gasteiger partial charge in [-0.3, -0.25) is 9.63 Å². The number of hydrogen-bond donors (Lipinski definition) is 2. The monoisotopic (exact) mass is 213 g/mol. The van der Waals surface area contributed by atoms with E-state index in [0.717, 1.165) is 24.8 Å². The molecule has 5 nitrogen and oxygen atoms in total. The molecule has 0 spiro atoms. The summed E-state index contributed by atoms with van der Waals surface area (Å²) in [6.45, 7) is -0.509. The second-order valence-corrected chi connectivity index (χ2v) is 3.49. The second kappa shape index (κ2) is 6.19. The molecule has 1 rings (SSSR count). The van der Waals surface area contributed by atoms with Crippen LogP contribution in [0.15, 0.2) is 11.6 Å². The summed E-state index contributed by atoms with van der Waals surface area (Å²) < 4.78 is 0. The third kappa shape index (κ3) is 5.17. The highest BCUT2D eigenvalue weighted by atomic mass is 16.7. The van der Waals surface area contributed by atoms with Crippen molar-refractivity contribution >= 4 is 11.9 Å². The highest BCUT2D eigenvalue weighted by Gasteiger charge is 2.09. The quantitative estimate of drug-likeness (QED) is 0.528. The molecule has 2 N–H and O–H groups in total. The maximum Gasteiger partial charge on any atom is 0.332 e. The minimum Gasteiger partial charge on any atom is -0.479 e. The summed E-state index contributed by atoms with van der Waals surface area (Å²) in [5.41, 5.74) is 3.21. The highest BCUT2D eigenvalue weighted by Crippen LogP contribution is 2.19. The minimum absolute atomic E-state index is 0.288. The van der Waals surface area contributed by atoms with Crippen molar-refractivity contribution in [2.24, 2.45) is 0 Å². The first-order valence-corrected chi connectivity index (χ1v) is 4.99. The summed E-state index contributed by atoms with van der Waals surface area (Å²) in [5, 5.41) is 8.26. The van der Waals surface area contributed by atoms with Crippen LogP contribution in [0, 0.1) is 0 Å². The third-order valence-corrected chi connectivity index (χ3v) is 2.15. The Morgan fingerprint density at radius 1 is 1.47 bits per heavy atom. The van der Waals surface area contributed by atoms with Gasteiger partial charge in [0.15, 0.2) is 6.61 Å². The molecule has 1 aliphatic carbocycles. The zero-order chi connectivity index (χ0) is 11.1. The maximum absolute atomic E-state index is 11.2. The van der Waals surface area contributed by atoms with Crippen LogP contribution in [0.1, 0.15) is 32.1 Å². The molecule has 84 valence electrons. The number of carboxylic acids is 1. The van der Waals surface area contributed by atoms with Crippen LogP contribution in [0.2, 0.25) is 0 Å². The average Bonchev–Trinajstić information content (AvgIpc) is 2.18. The number of nitrogens with one attached hydrogen (secondary N) is 1. The van der Waals surface area contributed by atoms with Gasteiger partial charge in [-0.1, -0.05) is 11.6 Å². The van der Waals surface area contributed by atoms with Crippen LogP contribution in [0.3, 0.4) is 0 Å². The Morgan fingerprint density at radius 2 is 2.27 bits per heavy atom. The smallest absolute Gasteiger partial charge is 0.332 e. The van der Waals surface area contributed by atoms with Crippen molar-refractivity contribution in [1.29, 1.82) is 0 Å². The molecule has 0 aromatic rings. The Labute approximate surface area is 88.1 Å². The van der Waals surface area contributed by atoms with E-state index in [1.165, 1.54) is 6.42 Å². The van der Waals surface area contributed by atoms with E-state index in [-0.39, 0.29) is 5.91 Å². The molecule has 0 aliphatic heterocycles. The van der Waals surface area contributed by atoms with Gasteiger partial charge in [0.05, 0.1) is 0 Å². The molecule has 1 aliphatic rings. The van der Waals surface area contributed by atoms with E-state index in [4.69, 9.17) is 5.11 Å². The summed E-state index contributed by atoms with van der Waals surface area (Å²) in [4.78, 5) is 25.8.